The molecule has 2 aliphatic carbocycles. The van der Waals surface area contributed by atoms with E-state index in [4.69, 9.17) is 32.7 Å². The minimum absolute atomic E-state index is 0.0642. The topological polar surface area (TPSA) is 192 Å². The molecule has 81 heavy (non-hydrogen) atoms. The Morgan fingerprint density at radius 1 is 0.568 bits per heavy atom. The summed E-state index contributed by atoms with van der Waals surface area (Å²) in [6.45, 7) is 5.56. The summed E-state index contributed by atoms with van der Waals surface area (Å²) in [5.41, 5.74) is 5.46. The smallest absolute Gasteiger partial charge is 0.408 e. The molecule has 14 nitrogen and oxygen atoms in total. The van der Waals surface area contributed by atoms with Crippen LogP contribution in [0.15, 0.2) is 152 Å². The van der Waals surface area contributed by atoms with Crippen LogP contribution in [0.4, 0.5) is 9.59 Å². The number of aromatic nitrogens is 4. The van der Waals surface area contributed by atoms with Crippen molar-refractivity contribution in [1.29, 1.82) is 0 Å². The third kappa shape index (κ3) is 15.2. The fourth-order valence-electron chi connectivity index (χ4n) is 11.5. The fourth-order valence-corrected chi connectivity index (χ4v) is 11.9. The maximum absolute atomic E-state index is 14.2. The lowest BCUT2D eigenvalue weighted by Crippen LogP contribution is -2.59. The zero-order valence-corrected chi connectivity index (χ0v) is 47.8. The molecule has 4 amide bonds. The lowest BCUT2D eigenvalue weighted by molar-refractivity contribution is -0.129. The maximum Gasteiger partial charge on any atom is 0.408 e. The summed E-state index contributed by atoms with van der Waals surface area (Å²) in [6.07, 6.45) is 17.5. The van der Waals surface area contributed by atoms with Gasteiger partial charge in [-0.05, 0) is 124 Å². The molecular formula is C65H72Cl2N8O6. The number of hydrogen-bond donors (Lipinski definition) is 6. The number of para-hydroxylation sites is 2. The van der Waals surface area contributed by atoms with Crippen LogP contribution < -0.4 is 21.3 Å². The minimum atomic E-state index is -1.33. The average molecular weight is 1130 g/mol. The van der Waals surface area contributed by atoms with E-state index < -0.39 is 23.3 Å². The maximum atomic E-state index is 14.2. The van der Waals surface area contributed by atoms with Crippen molar-refractivity contribution >= 4 is 69.0 Å². The number of H-pyrrole nitrogens is 2. The highest BCUT2D eigenvalue weighted by molar-refractivity contribution is 6.35. The van der Waals surface area contributed by atoms with E-state index in [1.165, 1.54) is 12.8 Å². The van der Waals surface area contributed by atoms with Gasteiger partial charge in [0.25, 0.3) is 0 Å². The number of alkyl carbamates (subject to hydrolysis) is 2. The van der Waals surface area contributed by atoms with Crippen molar-refractivity contribution in [1.82, 2.24) is 41.2 Å². The van der Waals surface area contributed by atoms with Crippen LogP contribution in [0.3, 0.4) is 0 Å². The highest BCUT2D eigenvalue weighted by Crippen LogP contribution is 2.37. The Labute approximate surface area is 483 Å². The van der Waals surface area contributed by atoms with Crippen molar-refractivity contribution in [2.75, 3.05) is 0 Å². The molecule has 2 aliphatic rings. The first kappa shape index (κ1) is 58.0. The van der Waals surface area contributed by atoms with Gasteiger partial charge in [0.05, 0.1) is 23.5 Å². The number of pyridine rings is 2. The second-order valence-corrected chi connectivity index (χ2v) is 22.9. The largest absolute Gasteiger partial charge is 0.445 e. The number of carbonyl (C=O) groups is 4. The summed E-state index contributed by atoms with van der Waals surface area (Å²) >= 11 is 12.3. The van der Waals surface area contributed by atoms with E-state index in [0.29, 0.717) is 27.9 Å². The molecule has 16 heteroatoms. The number of benzene rings is 4. The van der Waals surface area contributed by atoms with Crippen LogP contribution >= 0.6 is 23.2 Å². The lowest BCUT2D eigenvalue weighted by Gasteiger charge is -2.35. The number of aromatic amines is 2. The number of rotatable bonds is 18. The van der Waals surface area contributed by atoms with E-state index in [2.05, 4.69) is 41.2 Å². The van der Waals surface area contributed by atoms with Gasteiger partial charge in [0.15, 0.2) is 0 Å². The normalized spacial score (nSPS) is 16.1. The number of ether oxygens (including phenoxy) is 2. The van der Waals surface area contributed by atoms with Crippen molar-refractivity contribution in [3.8, 4) is 0 Å². The SMILES string of the molecule is C[C@@](Cc1c[nH]c2ccccc12)(NC(=O)OCc1ccc(Cl)cc1Cl)C(=O)NC(c1ccccn1)C1CCCCC1.Cc1cccc(COC(=O)N[C@@](C)(Cc2c[nH]c3ccccc23)C(=O)NC(c2ccccn2)C2CCCCC2)c1. The third-order valence-corrected chi connectivity index (χ3v) is 16.4. The summed E-state index contributed by atoms with van der Waals surface area (Å²) in [5.74, 6) is -0.00542. The van der Waals surface area contributed by atoms with Crippen LogP contribution in [0, 0.1) is 18.8 Å². The van der Waals surface area contributed by atoms with Gasteiger partial charge in [0.1, 0.15) is 24.3 Å². The second kappa shape index (κ2) is 27.2. The quantitative estimate of drug-likeness (QED) is 0.0489. The van der Waals surface area contributed by atoms with Crippen molar-refractivity contribution in [3.63, 3.8) is 0 Å². The highest BCUT2D eigenvalue weighted by Gasteiger charge is 2.41. The Hall–Kier alpha value is -7.68. The number of amides is 4. The molecule has 10 rings (SSSR count). The van der Waals surface area contributed by atoms with E-state index >= 15 is 0 Å². The number of halogens is 2. The Morgan fingerprint density at radius 2 is 1.05 bits per heavy atom. The molecule has 8 aromatic rings. The molecule has 4 heterocycles. The van der Waals surface area contributed by atoms with E-state index in [1.54, 1.807) is 44.4 Å². The predicted molar refractivity (Wildman–Crippen MR) is 318 cm³/mol. The molecule has 6 N–H and O–H groups in total. The molecule has 422 valence electrons. The van der Waals surface area contributed by atoms with Crippen LogP contribution in [0.5, 0.6) is 0 Å². The van der Waals surface area contributed by atoms with Gasteiger partial charge < -0.3 is 40.7 Å². The number of carbonyl (C=O) groups excluding carboxylic acids is 4. The van der Waals surface area contributed by atoms with Gasteiger partial charge in [-0.15, -0.1) is 0 Å². The Kier molecular flexibility index (Phi) is 19.5. The van der Waals surface area contributed by atoms with E-state index in [1.807, 2.05) is 129 Å². The molecule has 0 aliphatic heterocycles. The average Bonchev–Trinajstić information content (AvgIpc) is 4.13. The molecule has 2 unspecified atom stereocenters. The zero-order chi connectivity index (χ0) is 56.8. The number of nitrogens with one attached hydrogen (secondary N) is 6. The zero-order valence-electron chi connectivity index (χ0n) is 46.2. The third-order valence-electron chi connectivity index (χ3n) is 15.9. The number of hydrogen-bond acceptors (Lipinski definition) is 8. The first-order chi connectivity index (χ1) is 39.2. The van der Waals surface area contributed by atoms with Gasteiger partial charge in [0, 0.05) is 75.0 Å². The summed E-state index contributed by atoms with van der Waals surface area (Å²) in [6, 6.07) is 39.7. The van der Waals surface area contributed by atoms with Crippen LogP contribution in [0.2, 0.25) is 10.0 Å². The minimum Gasteiger partial charge on any atom is -0.445 e. The van der Waals surface area contributed by atoms with Crippen molar-refractivity contribution in [2.24, 2.45) is 11.8 Å². The van der Waals surface area contributed by atoms with E-state index in [-0.39, 0.29) is 49.5 Å². The van der Waals surface area contributed by atoms with E-state index in [9.17, 15) is 19.2 Å². The summed E-state index contributed by atoms with van der Waals surface area (Å²) in [4.78, 5) is 70.4. The number of fused-ring (bicyclic) bond motifs is 2. The molecule has 2 saturated carbocycles. The lowest BCUT2D eigenvalue weighted by atomic mass is 9.81. The van der Waals surface area contributed by atoms with Gasteiger partial charge in [0.2, 0.25) is 11.8 Å². The van der Waals surface area contributed by atoms with Crippen LogP contribution in [-0.2, 0) is 45.1 Å². The molecule has 4 aromatic carbocycles. The van der Waals surface area contributed by atoms with Crippen LogP contribution in [0.25, 0.3) is 21.8 Å². The van der Waals surface area contributed by atoms with Gasteiger partial charge in [-0.2, -0.15) is 0 Å². The Bertz CT molecular complexity index is 3400. The summed E-state index contributed by atoms with van der Waals surface area (Å²) < 4.78 is 11.1. The Morgan fingerprint density at radius 3 is 1.52 bits per heavy atom. The van der Waals surface area contributed by atoms with Crippen LogP contribution in [-0.4, -0.2) is 55.0 Å². The van der Waals surface area contributed by atoms with Gasteiger partial charge in [-0.25, -0.2) is 9.59 Å². The fraction of sp³-hybridized carbons (Fsp3) is 0.354. The summed E-state index contributed by atoms with van der Waals surface area (Å²) in [7, 11) is 0. The molecule has 0 radical (unpaired) electrons. The summed E-state index contributed by atoms with van der Waals surface area (Å²) in [5, 5.41) is 15.3. The molecule has 4 aromatic heterocycles. The predicted octanol–water partition coefficient (Wildman–Crippen LogP) is 14.1. The number of nitrogens with zero attached hydrogens (tertiary/aromatic N) is 2. The monoisotopic (exact) mass is 1130 g/mol. The first-order valence-corrected chi connectivity index (χ1v) is 28.9. The standard InChI is InChI=1S/C33H38N4O3.C32H34Cl2N4O3/c1-23-11-10-12-24(19-23)22-40-32(39)37-33(2,20-26-21-35-28-16-7-6-15-27(26)28)31(38)36-30(25-13-4-3-5-14-25)29-17-8-9-18-34-29;1-32(18-23-19-36-27-12-6-5-11-25(23)27,38-31(40)41-20-22-14-15-24(33)17-26(22)34)30(39)37-29(21-9-3-2-4-10-21)28-13-7-8-16-35-28/h6-12,15-19,21,25,30,35H,3-5,13-14,20,22H2,1-2H3,(H,36,38)(H,37,39);5-8,11-17,19,21,29,36H,2-4,9-10,18,20H2,1H3,(H,37,39)(H,38,40)/t30?,33-;29?,32-/m00/s1. The molecule has 0 bridgehead atoms. The number of aryl methyl sites for hydroxylation is 1. The van der Waals surface area contributed by atoms with Gasteiger partial charge >= 0.3 is 12.2 Å². The molecule has 0 spiro atoms. The van der Waals surface area contributed by atoms with Crippen molar-refractivity contribution < 1.29 is 28.7 Å². The second-order valence-electron chi connectivity index (χ2n) is 22.1. The van der Waals surface area contributed by atoms with E-state index in [0.717, 1.165) is 107 Å². The molecule has 0 saturated heterocycles. The molecular weight excluding hydrogens is 1060 g/mol. The van der Waals surface area contributed by atoms with Crippen LogP contribution in [0.1, 0.15) is 129 Å². The molecule has 2 fully saturated rings. The molecule has 4 atom stereocenters. The first-order valence-electron chi connectivity index (χ1n) is 28.2. The highest BCUT2D eigenvalue weighted by atomic mass is 35.5. The van der Waals surface area contributed by atoms with Gasteiger partial charge in [-0.1, -0.05) is 146 Å². The van der Waals surface area contributed by atoms with Crippen molar-refractivity contribution in [2.45, 2.75) is 134 Å². The Balaban J connectivity index is 0.000000196. The van der Waals surface area contributed by atoms with Gasteiger partial charge in [-0.3, -0.25) is 19.6 Å². The van der Waals surface area contributed by atoms with Crippen molar-refractivity contribution in [3.05, 3.63) is 201 Å².